The first-order valence-corrected chi connectivity index (χ1v) is 8.05. The molecule has 2 aromatic carbocycles. The van der Waals surface area contributed by atoms with Gasteiger partial charge < -0.3 is 15.4 Å². The van der Waals surface area contributed by atoms with Gasteiger partial charge in [0.25, 0.3) is 17.5 Å². The third kappa shape index (κ3) is 5.87. The van der Waals surface area contributed by atoms with Crippen LogP contribution in [0.3, 0.4) is 0 Å². The Morgan fingerprint density at radius 1 is 1.18 bits per heavy atom. The van der Waals surface area contributed by atoms with Crippen LogP contribution in [-0.4, -0.2) is 35.4 Å². The van der Waals surface area contributed by atoms with Crippen molar-refractivity contribution in [3.63, 3.8) is 0 Å². The van der Waals surface area contributed by atoms with Crippen molar-refractivity contribution < 1.29 is 28.4 Å². The van der Waals surface area contributed by atoms with E-state index in [-0.39, 0.29) is 11.3 Å². The van der Waals surface area contributed by atoms with Crippen molar-refractivity contribution in [1.29, 1.82) is 0 Å². The van der Waals surface area contributed by atoms with Crippen LogP contribution in [0.5, 0.6) is 0 Å². The van der Waals surface area contributed by atoms with Gasteiger partial charge in [-0.2, -0.15) is 0 Å². The van der Waals surface area contributed by atoms with Gasteiger partial charge in [-0.05, 0) is 37.3 Å². The molecule has 28 heavy (non-hydrogen) atoms. The lowest BCUT2D eigenvalue weighted by atomic mass is 10.2. The molecule has 2 rings (SSSR count). The minimum Gasteiger partial charge on any atom is -0.451 e. The molecule has 0 bridgehead atoms. The molecule has 0 spiro atoms. The maximum absolute atomic E-state index is 12.8. The molecule has 0 fully saturated rings. The lowest BCUT2D eigenvalue weighted by Gasteiger charge is -2.14. The first kappa shape index (κ1) is 20.5. The van der Waals surface area contributed by atoms with Crippen molar-refractivity contribution in [3.05, 3.63) is 70.0 Å². The van der Waals surface area contributed by atoms with Crippen molar-refractivity contribution in [3.8, 4) is 0 Å². The highest BCUT2D eigenvalue weighted by atomic mass is 19.1. The standard InChI is InChI=1S/C18H16FN3O6/c1-11(17(24)21-14-7-5-13(19)6-8-14)28-16(23)10-20-18(25)12-3-2-4-15(9-12)22(26)27/h2-9,11H,10H2,1H3,(H,20,25)(H,21,24)/t11-/m1/s1. The van der Waals surface area contributed by atoms with Crippen LogP contribution in [0.4, 0.5) is 15.8 Å². The fraction of sp³-hybridized carbons (Fsp3) is 0.167. The van der Waals surface area contributed by atoms with E-state index in [0.717, 1.165) is 18.2 Å². The van der Waals surface area contributed by atoms with E-state index in [1.54, 1.807) is 0 Å². The number of carbonyl (C=O) groups is 3. The first-order valence-electron chi connectivity index (χ1n) is 8.05. The predicted molar refractivity (Wildman–Crippen MR) is 96.0 cm³/mol. The van der Waals surface area contributed by atoms with Crippen LogP contribution in [0.25, 0.3) is 0 Å². The van der Waals surface area contributed by atoms with Gasteiger partial charge in [0.1, 0.15) is 12.4 Å². The number of rotatable bonds is 7. The summed E-state index contributed by atoms with van der Waals surface area (Å²) < 4.78 is 17.7. The van der Waals surface area contributed by atoms with Crippen molar-refractivity contribution in [2.24, 2.45) is 0 Å². The number of nitro groups is 1. The summed E-state index contributed by atoms with van der Waals surface area (Å²) in [6, 6.07) is 10.0. The quantitative estimate of drug-likeness (QED) is 0.424. The summed E-state index contributed by atoms with van der Waals surface area (Å²) in [7, 11) is 0. The van der Waals surface area contributed by atoms with E-state index in [1.165, 1.54) is 37.3 Å². The number of nitro benzene ring substituents is 1. The Kier molecular flexibility index (Phi) is 6.74. The molecule has 0 aliphatic carbocycles. The van der Waals surface area contributed by atoms with Gasteiger partial charge in [0.05, 0.1) is 4.92 Å². The Labute approximate surface area is 158 Å². The van der Waals surface area contributed by atoms with Crippen molar-refractivity contribution in [1.82, 2.24) is 5.32 Å². The second kappa shape index (κ2) is 9.21. The number of carbonyl (C=O) groups excluding carboxylic acids is 3. The van der Waals surface area contributed by atoms with Crippen LogP contribution in [0.15, 0.2) is 48.5 Å². The molecule has 0 aliphatic rings. The smallest absolute Gasteiger partial charge is 0.326 e. The second-order valence-electron chi connectivity index (χ2n) is 5.62. The summed E-state index contributed by atoms with van der Waals surface area (Å²) in [5.74, 6) is -2.67. The van der Waals surface area contributed by atoms with E-state index in [2.05, 4.69) is 10.6 Å². The molecule has 2 amide bonds. The average molecular weight is 389 g/mol. The Bertz CT molecular complexity index is 900. The van der Waals surface area contributed by atoms with E-state index >= 15 is 0 Å². The Balaban J connectivity index is 1.83. The number of anilines is 1. The molecule has 0 radical (unpaired) electrons. The molecule has 0 heterocycles. The molecule has 2 aromatic rings. The summed E-state index contributed by atoms with van der Waals surface area (Å²) in [5, 5.41) is 15.4. The lowest BCUT2D eigenvalue weighted by Crippen LogP contribution is -2.35. The highest BCUT2D eigenvalue weighted by molar-refractivity contribution is 5.97. The largest absolute Gasteiger partial charge is 0.451 e. The molecule has 1 atom stereocenters. The maximum Gasteiger partial charge on any atom is 0.326 e. The van der Waals surface area contributed by atoms with Crippen molar-refractivity contribution in [2.45, 2.75) is 13.0 Å². The zero-order chi connectivity index (χ0) is 20.7. The fourth-order valence-corrected chi connectivity index (χ4v) is 2.08. The van der Waals surface area contributed by atoms with Crippen LogP contribution < -0.4 is 10.6 Å². The number of esters is 1. The minimum atomic E-state index is -1.16. The molecule has 0 aliphatic heterocycles. The third-order valence-corrected chi connectivity index (χ3v) is 3.50. The van der Waals surface area contributed by atoms with Gasteiger partial charge in [0, 0.05) is 23.4 Å². The summed E-state index contributed by atoms with van der Waals surface area (Å²) in [4.78, 5) is 45.8. The van der Waals surface area contributed by atoms with Gasteiger partial charge in [0.15, 0.2) is 6.10 Å². The highest BCUT2D eigenvalue weighted by Gasteiger charge is 2.19. The maximum atomic E-state index is 12.8. The number of amides is 2. The molecule has 146 valence electrons. The molecule has 9 nitrogen and oxygen atoms in total. The van der Waals surface area contributed by atoms with Crippen molar-refractivity contribution in [2.75, 3.05) is 11.9 Å². The van der Waals surface area contributed by atoms with Gasteiger partial charge in [0.2, 0.25) is 0 Å². The fourth-order valence-electron chi connectivity index (χ4n) is 2.08. The number of ether oxygens (including phenoxy) is 1. The zero-order valence-electron chi connectivity index (χ0n) is 14.7. The lowest BCUT2D eigenvalue weighted by molar-refractivity contribution is -0.384. The van der Waals surface area contributed by atoms with Gasteiger partial charge in [-0.3, -0.25) is 24.5 Å². The van der Waals surface area contributed by atoms with Gasteiger partial charge in [-0.25, -0.2) is 4.39 Å². The second-order valence-corrected chi connectivity index (χ2v) is 5.62. The number of halogens is 1. The zero-order valence-corrected chi connectivity index (χ0v) is 14.7. The van der Waals surface area contributed by atoms with E-state index in [9.17, 15) is 28.9 Å². The number of benzene rings is 2. The van der Waals surface area contributed by atoms with Gasteiger partial charge in [-0.15, -0.1) is 0 Å². The number of non-ortho nitro benzene ring substituents is 1. The molecule has 10 heteroatoms. The highest BCUT2D eigenvalue weighted by Crippen LogP contribution is 2.13. The van der Waals surface area contributed by atoms with E-state index < -0.39 is 41.2 Å². The Morgan fingerprint density at radius 3 is 2.50 bits per heavy atom. The molecular weight excluding hydrogens is 373 g/mol. The SMILES string of the molecule is C[C@@H](OC(=O)CNC(=O)c1cccc([N+](=O)[O-])c1)C(=O)Nc1ccc(F)cc1. The topological polar surface area (TPSA) is 128 Å². The van der Waals surface area contributed by atoms with Crippen LogP contribution in [0, 0.1) is 15.9 Å². The van der Waals surface area contributed by atoms with Crippen LogP contribution in [-0.2, 0) is 14.3 Å². The van der Waals surface area contributed by atoms with Gasteiger partial charge >= 0.3 is 5.97 Å². The summed E-state index contributed by atoms with van der Waals surface area (Å²) >= 11 is 0. The molecule has 0 saturated heterocycles. The molecule has 0 aromatic heterocycles. The Morgan fingerprint density at radius 2 is 1.86 bits per heavy atom. The van der Waals surface area contributed by atoms with E-state index in [1.807, 2.05) is 0 Å². The van der Waals surface area contributed by atoms with Crippen LogP contribution in [0.1, 0.15) is 17.3 Å². The predicted octanol–water partition coefficient (Wildman–Crippen LogP) is 2.03. The van der Waals surface area contributed by atoms with E-state index in [0.29, 0.717) is 5.69 Å². The Hall–Kier alpha value is -3.82. The normalized spacial score (nSPS) is 11.2. The minimum absolute atomic E-state index is 0.00380. The molecular formula is C18H16FN3O6. The first-order chi connectivity index (χ1) is 13.3. The summed E-state index contributed by atoms with van der Waals surface area (Å²) in [6.07, 6.45) is -1.16. The number of nitrogens with zero attached hydrogens (tertiary/aromatic N) is 1. The summed E-state index contributed by atoms with van der Waals surface area (Å²) in [5.41, 5.74) is 0.0682. The van der Waals surface area contributed by atoms with Crippen LogP contribution in [0.2, 0.25) is 0 Å². The van der Waals surface area contributed by atoms with E-state index in [4.69, 9.17) is 4.74 Å². The monoisotopic (exact) mass is 389 g/mol. The van der Waals surface area contributed by atoms with Crippen molar-refractivity contribution >= 4 is 29.2 Å². The average Bonchev–Trinajstić information content (AvgIpc) is 2.67. The third-order valence-electron chi connectivity index (χ3n) is 3.50. The number of hydrogen-bond donors (Lipinski definition) is 2. The summed E-state index contributed by atoms with van der Waals surface area (Å²) in [6.45, 7) is 0.800. The molecule has 0 unspecified atom stereocenters. The molecule has 0 saturated carbocycles. The van der Waals surface area contributed by atoms with Gasteiger partial charge in [-0.1, -0.05) is 6.07 Å². The number of hydrogen-bond acceptors (Lipinski definition) is 6. The number of nitrogens with one attached hydrogen (secondary N) is 2. The molecule has 2 N–H and O–H groups in total. The van der Waals surface area contributed by atoms with Crippen LogP contribution >= 0.6 is 0 Å².